The number of fused-ring (bicyclic) bond motifs is 1. The molecule has 1 aromatic carbocycles. The van der Waals surface area contributed by atoms with Crippen molar-refractivity contribution in [2.75, 3.05) is 32.7 Å². The highest BCUT2D eigenvalue weighted by Gasteiger charge is 2.24. The van der Waals surface area contributed by atoms with Gasteiger partial charge in [0.1, 0.15) is 5.75 Å². The van der Waals surface area contributed by atoms with Gasteiger partial charge in [0, 0.05) is 32.3 Å². The van der Waals surface area contributed by atoms with Crippen molar-refractivity contribution >= 4 is 31.1 Å². The van der Waals surface area contributed by atoms with Crippen molar-refractivity contribution in [3.05, 3.63) is 54.4 Å². The van der Waals surface area contributed by atoms with Crippen LogP contribution in [0.4, 0.5) is 0 Å². The lowest BCUT2D eigenvalue weighted by atomic mass is 10.3. The fourth-order valence-electron chi connectivity index (χ4n) is 3.00. The summed E-state index contributed by atoms with van der Waals surface area (Å²) in [6.45, 7) is 0.605. The van der Waals surface area contributed by atoms with E-state index < -0.39 is 25.6 Å². The van der Waals surface area contributed by atoms with Crippen molar-refractivity contribution in [2.45, 2.75) is 16.5 Å². The molecule has 11 heteroatoms. The van der Waals surface area contributed by atoms with Crippen LogP contribution < -0.4 is 4.74 Å². The third-order valence-electron chi connectivity index (χ3n) is 4.54. The number of hydrogen-bond donors (Lipinski definition) is 0. The summed E-state index contributed by atoms with van der Waals surface area (Å²) >= 11 is 0. The molecule has 0 aliphatic rings. The molecule has 31 heavy (non-hydrogen) atoms. The molecule has 0 saturated heterocycles. The van der Waals surface area contributed by atoms with Crippen molar-refractivity contribution in [2.24, 2.45) is 0 Å². The molecule has 0 spiro atoms. The largest absolute Gasteiger partial charge is 0.493 e. The number of nitrogens with zero attached hydrogens (tertiary/aromatic N) is 3. The number of hydrogen-bond acceptors (Lipinski definition) is 7. The van der Waals surface area contributed by atoms with Crippen LogP contribution >= 0.6 is 0 Å². The van der Waals surface area contributed by atoms with Gasteiger partial charge in [0.25, 0.3) is 5.91 Å². The van der Waals surface area contributed by atoms with Crippen LogP contribution in [0.3, 0.4) is 0 Å². The Morgan fingerprint density at radius 2 is 1.81 bits per heavy atom. The minimum atomic E-state index is -3.62. The van der Waals surface area contributed by atoms with Crippen LogP contribution in [-0.4, -0.2) is 69.7 Å². The molecule has 0 aliphatic heterocycles. The topological polar surface area (TPSA) is 115 Å². The second-order valence-corrected chi connectivity index (χ2v) is 11.1. The van der Waals surface area contributed by atoms with E-state index in [-0.39, 0.29) is 22.4 Å². The van der Waals surface area contributed by atoms with Crippen molar-refractivity contribution in [1.82, 2.24) is 14.3 Å². The molecule has 0 radical (unpaired) electrons. The first-order chi connectivity index (χ1) is 14.5. The van der Waals surface area contributed by atoms with E-state index in [4.69, 9.17) is 4.74 Å². The van der Waals surface area contributed by atoms with E-state index in [0.717, 1.165) is 12.5 Å². The Kier molecular flexibility index (Phi) is 6.37. The van der Waals surface area contributed by atoms with Crippen molar-refractivity contribution in [1.29, 1.82) is 0 Å². The van der Waals surface area contributed by atoms with Crippen LogP contribution in [-0.2, 0) is 19.7 Å². The number of aromatic nitrogens is 2. The highest BCUT2D eigenvalue weighted by molar-refractivity contribution is 7.90. The molecule has 3 rings (SSSR count). The molecule has 0 saturated carbocycles. The highest BCUT2D eigenvalue weighted by Crippen LogP contribution is 2.19. The van der Waals surface area contributed by atoms with Crippen molar-refractivity contribution < 1.29 is 26.4 Å². The van der Waals surface area contributed by atoms with E-state index in [0.29, 0.717) is 24.2 Å². The van der Waals surface area contributed by atoms with Crippen molar-refractivity contribution in [3.63, 3.8) is 0 Å². The summed E-state index contributed by atoms with van der Waals surface area (Å²) in [6, 6.07) is 11.2. The lowest BCUT2D eigenvalue weighted by Gasteiger charge is -2.16. The van der Waals surface area contributed by atoms with Crippen LogP contribution in [0.15, 0.2) is 58.7 Å². The summed E-state index contributed by atoms with van der Waals surface area (Å²) in [6.07, 6.45) is 4.20. The van der Waals surface area contributed by atoms with E-state index in [9.17, 15) is 21.6 Å². The Morgan fingerprint density at radius 1 is 1.06 bits per heavy atom. The first kappa shape index (κ1) is 22.8. The zero-order valence-corrected chi connectivity index (χ0v) is 19.0. The molecule has 0 fully saturated rings. The summed E-state index contributed by atoms with van der Waals surface area (Å²) < 4.78 is 54.3. The monoisotopic (exact) mass is 465 g/mol. The number of rotatable bonds is 8. The van der Waals surface area contributed by atoms with Crippen molar-refractivity contribution in [3.8, 4) is 5.75 Å². The molecule has 2 aromatic heterocycles. The summed E-state index contributed by atoms with van der Waals surface area (Å²) in [5, 5.41) is -0.186. The maximum atomic E-state index is 12.9. The first-order valence-electron chi connectivity index (χ1n) is 9.34. The third kappa shape index (κ3) is 5.23. The van der Waals surface area contributed by atoms with Gasteiger partial charge in [0.2, 0.25) is 15.0 Å². The van der Waals surface area contributed by atoms with Crippen LogP contribution in [0, 0.1) is 0 Å². The Bertz CT molecular complexity index is 1330. The number of carbonyl (C=O) groups excluding carboxylic acids is 1. The minimum Gasteiger partial charge on any atom is -0.493 e. The fraction of sp³-hybridized carbons (Fsp3) is 0.300. The van der Waals surface area contributed by atoms with Gasteiger partial charge in [0.05, 0.1) is 17.0 Å². The van der Waals surface area contributed by atoms with Gasteiger partial charge in [-0.25, -0.2) is 21.8 Å². The maximum Gasteiger partial charge on any atom is 0.274 e. The number of carbonyl (C=O) groups is 1. The molecule has 0 aliphatic carbocycles. The van der Waals surface area contributed by atoms with Gasteiger partial charge < -0.3 is 9.64 Å². The van der Waals surface area contributed by atoms with E-state index >= 15 is 0 Å². The number of amides is 1. The minimum absolute atomic E-state index is 0.0605. The lowest BCUT2D eigenvalue weighted by molar-refractivity contribution is 0.0784. The van der Waals surface area contributed by atoms with Gasteiger partial charge in [-0.1, -0.05) is 12.1 Å². The Balaban J connectivity index is 1.66. The molecule has 0 atom stereocenters. The lowest BCUT2D eigenvalue weighted by Crippen LogP contribution is -2.29. The Labute approximate surface area is 181 Å². The number of pyridine rings is 1. The molecular formula is C20H23N3O6S2. The normalized spacial score (nSPS) is 12.1. The molecule has 1 amide bonds. The summed E-state index contributed by atoms with van der Waals surface area (Å²) in [5.41, 5.74) is 0.471. The van der Waals surface area contributed by atoms with Gasteiger partial charge in [-0.3, -0.25) is 9.20 Å². The predicted octanol–water partition coefficient (Wildman–Crippen LogP) is 1.68. The van der Waals surface area contributed by atoms with Gasteiger partial charge in [-0.2, -0.15) is 0 Å². The summed E-state index contributed by atoms with van der Waals surface area (Å²) in [7, 11) is -5.34. The van der Waals surface area contributed by atoms with Gasteiger partial charge >= 0.3 is 0 Å². The molecule has 3 aromatic rings. The van der Waals surface area contributed by atoms with Crippen LogP contribution in [0.5, 0.6) is 5.75 Å². The SMILES string of the molecule is CN(CCCOc1cccc(S(C)(=O)=O)c1)C(=O)c1nc(S(C)(=O)=O)n2ccccc12. The third-order valence-corrected chi connectivity index (χ3v) is 6.60. The average molecular weight is 466 g/mol. The van der Waals surface area contributed by atoms with Crippen LogP contribution in [0.25, 0.3) is 5.52 Å². The molecule has 9 nitrogen and oxygen atoms in total. The van der Waals surface area contributed by atoms with E-state index in [2.05, 4.69) is 4.98 Å². The molecular weight excluding hydrogens is 442 g/mol. The molecule has 0 N–H and O–H groups in total. The van der Waals surface area contributed by atoms with Gasteiger partial charge in [-0.15, -0.1) is 0 Å². The van der Waals surface area contributed by atoms with Gasteiger partial charge in [-0.05, 0) is 36.8 Å². The summed E-state index contributed by atoms with van der Waals surface area (Å²) in [5.74, 6) is 0.0208. The number of imidazole rings is 1. The fourth-order valence-corrected chi connectivity index (χ4v) is 4.43. The zero-order chi connectivity index (χ0) is 22.8. The van der Waals surface area contributed by atoms with E-state index in [1.165, 1.54) is 21.4 Å². The quantitative estimate of drug-likeness (QED) is 0.465. The first-order valence-corrected chi connectivity index (χ1v) is 13.1. The van der Waals surface area contributed by atoms with Crippen LogP contribution in [0.2, 0.25) is 0 Å². The van der Waals surface area contributed by atoms with Crippen LogP contribution in [0.1, 0.15) is 16.9 Å². The predicted molar refractivity (Wildman–Crippen MR) is 115 cm³/mol. The van der Waals surface area contributed by atoms with E-state index in [1.54, 1.807) is 43.6 Å². The smallest absolute Gasteiger partial charge is 0.274 e. The standard InChI is InChI=1S/C20H23N3O6S2/c1-22(11-7-13-29-15-8-6-9-16(14-15)30(2,25)26)19(24)18-17-10-4-5-12-23(17)20(21-18)31(3,27)28/h4-6,8-10,12,14H,7,11,13H2,1-3H3. The summed E-state index contributed by atoms with van der Waals surface area (Å²) in [4.78, 5) is 18.6. The highest BCUT2D eigenvalue weighted by atomic mass is 32.2. The molecule has 0 bridgehead atoms. The average Bonchev–Trinajstić information content (AvgIpc) is 3.10. The number of benzene rings is 1. The van der Waals surface area contributed by atoms with E-state index in [1.807, 2.05) is 0 Å². The maximum absolute atomic E-state index is 12.9. The second kappa shape index (κ2) is 8.67. The number of sulfone groups is 2. The number of ether oxygens (including phenoxy) is 1. The van der Waals surface area contributed by atoms with Gasteiger partial charge in [0.15, 0.2) is 15.5 Å². The molecule has 0 unspecified atom stereocenters. The molecule has 166 valence electrons. The second-order valence-electron chi connectivity index (χ2n) is 7.15. The zero-order valence-electron chi connectivity index (χ0n) is 17.3. The Hall–Kier alpha value is -2.92. The Morgan fingerprint density at radius 3 is 2.48 bits per heavy atom. The molecule has 2 heterocycles.